The quantitative estimate of drug-likeness (QED) is 0.842. The molecule has 3 heteroatoms. The molecule has 0 aliphatic heterocycles. The van der Waals surface area contributed by atoms with Gasteiger partial charge in [0.15, 0.2) is 0 Å². The second-order valence-corrected chi connectivity index (χ2v) is 4.75. The Morgan fingerprint density at radius 2 is 2.25 bits per heavy atom. The minimum Gasteiger partial charge on any atom is -0.310 e. The Hall–Kier alpha value is -0.600. The smallest absolute Gasteiger partial charge is 0.142 e. The summed E-state index contributed by atoms with van der Waals surface area (Å²) in [6, 6.07) is 5.29. The highest BCUT2D eigenvalue weighted by atomic mass is 35.5. The zero-order valence-electron chi connectivity index (χ0n) is 9.47. The highest BCUT2D eigenvalue weighted by Gasteiger charge is 2.29. The van der Waals surface area contributed by atoms with Gasteiger partial charge in [0, 0.05) is 6.04 Å². The summed E-state index contributed by atoms with van der Waals surface area (Å²) >= 11 is 6.03. The van der Waals surface area contributed by atoms with E-state index in [0.717, 1.165) is 12.1 Å². The van der Waals surface area contributed by atoms with E-state index in [4.69, 9.17) is 11.6 Å². The predicted octanol–water partition coefficient (Wildman–Crippen LogP) is 3.93. The van der Waals surface area contributed by atoms with Gasteiger partial charge in [-0.3, -0.25) is 0 Å². The van der Waals surface area contributed by atoms with Crippen molar-refractivity contribution >= 4 is 11.6 Å². The Labute approximate surface area is 101 Å². The Morgan fingerprint density at radius 3 is 2.81 bits per heavy atom. The van der Waals surface area contributed by atoms with Gasteiger partial charge in [0.05, 0.1) is 5.02 Å². The number of hydrogen-bond acceptors (Lipinski definition) is 1. The van der Waals surface area contributed by atoms with Crippen molar-refractivity contribution < 1.29 is 4.39 Å². The van der Waals surface area contributed by atoms with E-state index in [1.165, 1.54) is 25.3 Å². The van der Waals surface area contributed by atoms with Gasteiger partial charge in [-0.25, -0.2) is 4.39 Å². The van der Waals surface area contributed by atoms with E-state index in [1.54, 1.807) is 6.07 Å². The zero-order chi connectivity index (χ0) is 11.5. The molecule has 1 atom stereocenters. The topological polar surface area (TPSA) is 12.0 Å². The van der Waals surface area contributed by atoms with Gasteiger partial charge < -0.3 is 5.32 Å². The first-order valence-corrected chi connectivity index (χ1v) is 6.29. The van der Waals surface area contributed by atoms with E-state index >= 15 is 0 Å². The van der Waals surface area contributed by atoms with Crippen LogP contribution in [0.5, 0.6) is 0 Å². The average molecular weight is 242 g/mol. The molecule has 1 aromatic carbocycles. The standard InChI is InChI=1S/C13H17ClFN/c1-2-16-13(9-5-3-6-9)10-7-4-8-11(15)12(10)14/h4,7-9,13,16H,2-3,5-6H2,1H3. The van der Waals surface area contributed by atoms with Crippen molar-refractivity contribution in [1.82, 2.24) is 5.32 Å². The molecule has 0 bridgehead atoms. The Kier molecular flexibility index (Phi) is 3.82. The van der Waals surface area contributed by atoms with Crippen molar-refractivity contribution in [3.8, 4) is 0 Å². The molecule has 1 nitrogen and oxygen atoms in total. The average Bonchev–Trinajstić information content (AvgIpc) is 2.19. The van der Waals surface area contributed by atoms with Gasteiger partial charge in [0.2, 0.25) is 0 Å². The van der Waals surface area contributed by atoms with Gasteiger partial charge in [-0.05, 0) is 36.9 Å². The molecule has 1 aliphatic rings. The fraction of sp³-hybridized carbons (Fsp3) is 0.538. The molecule has 1 N–H and O–H groups in total. The molecule has 1 fully saturated rings. The number of halogens is 2. The second-order valence-electron chi connectivity index (χ2n) is 4.37. The highest BCUT2D eigenvalue weighted by molar-refractivity contribution is 6.31. The molecular weight excluding hydrogens is 225 g/mol. The van der Waals surface area contributed by atoms with E-state index in [0.29, 0.717) is 5.92 Å². The van der Waals surface area contributed by atoms with Crippen LogP contribution >= 0.6 is 11.6 Å². The molecule has 1 saturated carbocycles. The lowest BCUT2D eigenvalue weighted by Gasteiger charge is -2.35. The lowest BCUT2D eigenvalue weighted by Crippen LogP contribution is -2.32. The summed E-state index contributed by atoms with van der Waals surface area (Å²) in [7, 11) is 0. The maximum Gasteiger partial charge on any atom is 0.142 e. The van der Waals surface area contributed by atoms with Gasteiger partial charge >= 0.3 is 0 Å². The molecule has 0 heterocycles. The lowest BCUT2D eigenvalue weighted by molar-refractivity contribution is 0.233. The van der Waals surface area contributed by atoms with Gasteiger partial charge in [-0.1, -0.05) is 37.1 Å². The van der Waals surface area contributed by atoms with E-state index < -0.39 is 0 Å². The summed E-state index contributed by atoms with van der Waals surface area (Å²) in [4.78, 5) is 0. The third-order valence-electron chi connectivity index (χ3n) is 3.36. The Balaban J connectivity index is 2.26. The molecule has 1 unspecified atom stereocenters. The van der Waals surface area contributed by atoms with E-state index in [9.17, 15) is 4.39 Å². The maximum absolute atomic E-state index is 13.4. The molecule has 1 aromatic rings. The van der Waals surface area contributed by atoms with E-state index in [-0.39, 0.29) is 16.9 Å². The van der Waals surface area contributed by atoms with Crippen molar-refractivity contribution in [3.05, 3.63) is 34.6 Å². The third kappa shape index (κ3) is 2.23. The number of benzene rings is 1. The molecular formula is C13H17ClFN. The van der Waals surface area contributed by atoms with Crippen LogP contribution in [0.1, 0.15) is 37.8 Å². The van der Waals surface area contributed by atoms with Gasteiger partial charge in [-0.2, -0.15) is 0 Å². The Bertz CT molecular complexity index is 363. The molecule has 2 rings (SSSR count). The van der Waals surface area contributed by atoms with Crippen LogP contribution < -0.4 is 5.32 Å². The summed E-state index contributed by atoms with van der Waals surface area (Å²) < 4.78 is 13.4. The van der Waals surface area contributed by atoms with Gasteiger partial charge in [-0.15, -0.1) is 0 Å². The fourth-order valence-electron chi connectivity index (χ4n) is 2.28. The molecule has 88 valence electrons. The molecule has 0 radical (unpaired) electrons. The van der Waals surface area contributed by atoms with Crippen molar-refractivity contribution in [2.24, 2.45) is 5.92 Å². The molecule has 0 saturated heterocycles. The van der Waals surface area contributed by atoms with Crippen LogP contribution in [-0.2, 0) is 0 Å². The van der Waals surface area contributed by atoms with Crippen LogP contribution in [0.4, 0.5) is 4.39 Å². The molecule has 0 spiro atoms. The molecule has 0 amide bonds. The van der Waals surface area contributed by atoms with Crippen LogP contribution in [0.2, 0.25) is 5.02 Å². The third-order valence-corrected chi connectivity index (χ3v) is 3.76. The van der Waals surface area contributed by atoms with Crippen molar-refractivity contribution in [1.29, 1.82) is 0 Å². The normalized spacial score (nSPS) is 18.2. The zero-order valence-corrected chi connectivity index (χ0v) is 10.2. The molecule has 1 aliphatic carbocycles. The number of hydrogen-bond donors (Lipinski definition) is 1. The number of nitrogens with one attached hydrogen (secondary N) is 1. The van der Waals surface area contributed by atoms with Crippen LogP contribution in [0, 0.1) is 11.7 Å². The van der Waals surface area contributed by atoms with Crippen molar-refractivity contribution in [2.45, 2.75) is 32.2 Å². The lowest BCUT2D eigenvalue weighted by atomic mass is 9.77. The first kappa shape index (κ1) is 11.9. The summed E-state index contributed by atoms with van der Waals surface area (Å²) in [5.41, 5.74) is 0.910. The second kappa shape index (κ2) is 5.15. The van der Waals surface area contributed by atoms with Gasteiger partial charge in [0.1, 0.15) is 5.82 Å². The first-order valence-electron chi connectivity index (χ1n) is 5.91. The molecule has 16 heavy (non-hydrogen) atoms. The fourth-order valence-corrected chi connectivity index (χ4v) is 2.53. The van der Waals surface area contributed by atoms with E-state index in [2.05, 4.69) is 12.2 Å². The summed E-state index contributed by atoms with van der Waals surface area (Å²) in [6.07, 6.45) is 3.70. The minimum absolute atomic E-state index is 0.210. The minimum atomic E-state index is -0.318. The Morgan fingerprint density at radius 1 is 1.50 bits per heavy atom. The molecule has 0 aromatic heterocycles. The van der Waals surface area contributed by atoms with Crippen LogP contribution in [-0.4, -0.2) is 6.54 Å². The van der Waals surface area contributed by atoms with Gasteiger partial charge in [0.25, 0.3) is 0 Å². The summed E-state index contributed by atoms with van der Waals surface area (Å²) in [6.45, 7) is 2.95. The largest absolute Gasteiger partial charge is 0.310 e. The van der Waals surface area contributed by atoms with Crippen LogP contribution in [0.15, 0.2) is 18.2 Å². The monoisotopic (exact) mass is 241 g/mol. The van der Waals surface area contributed by atoms with Crippen molar-refractivity contribution in [2.75, 3.05) is 6.54 Å². The summed E-state index contributed by atoms with van der Waals surface area (Å²) in [5.74, 6) is 0.292. The van der Waals surface area contributed by atoms with Crippen LogP contribution in [0.25, 0.3) is 0 Å². The maximum atomic E-state index is 13.4. The summed E-state index contributed by atoms with van der Waals surface area (Å²) in [5, 5.41) is 3.70. The highest BCUT2D eigenvalue weighted by Crippen LogP contribution is 2.40. The predicted molar refractivity (Wildman–Crippen MR) is 65.2 cm³/mol. The SMILES string of the molecule is CCNC(c1cccc(F)c1Cl)C1CCC1. The number of rotatable bonds is 4. The van der Waals surface area contributed by atoms with Crippen LogP contribution in [0.3, 0.4) is 0 Å². The van der Waals surface area contributed by atoms with E-state index in [1.807, 2.05) is 6.07 Å². The van der Waals surface area contributed by atoms with Crippen molar-refractivity contribution in [3.63, 3.8) is 0 Å². The first-order chi connectivity index (χ1) is 7.74.